The maximum Gasteiger partial charge on any atom is 0.255 e. The number of rotatable bonds is 4. The van der Waals surface area contributed by atoms with Gasteiger partial charge in [-0.1, -0.05) is 11.6 Å². The van der Waals surface area contributed by atoms with Crippen molar-refractivity contribution >= 4 is 29.1 Å². The predicted molar refractivity (Wildman–Crippen MR) is 80.9 cm³/mol. The van der Waals surface area contributed by atoms with Crippen LogP contribution in [0.2, 0.25) is 5.02 Å². The number of carbonyl (C=O) groups excluding carboxylic acids is 2. The molecular weight excluding hydrogens is 292 g/mol. The maximum absolute atomic E-state index is 12.1. The molecule has 0 bridgehead atoms. The minimum atomic E-state index is -0.543. The lowest BCUT2D eigenvalue weighted by Gasteiger charge is -2.10. The smallest absolute Gasteiger partial charge is 0.255 e. The molecular formula is C15H13ClN2O3. The van der Waals surface area contributed by atoms with Crippen LogP contribution in [0.5, 0.6) is 5.75 Å². The van der Waals surface area contributed by atoms with Gasteiger partial charge in [-0.05, 0) is 42.5 Å². The van der Waals surface area contributed by atoms with Crippen molar-refractivity contribution in [1.82, 2.24) is 0 Å². The van der Waals surface area contributed by atoms with E-state index in [0.717, 1.165) is 0 Å². The maximum atomic E-state index is 12.1. The zero-order valence-corrected chi connectivity index (χ0v) is 12.0. The molecule has 2 amide bonds. The first-order chi connectivity index (χ1) is 10.0. The van der Waals surface area contributed by atoms with Crippen LogP contribution < -0.4 is 15.8 Å². The van der Waals surface area contributed by atoms with Crippen LogP contribution in [0.15, 0.2) is 42.5 Å². The van der Waals surface area contributed by atoms with E-state index in [4.69, 9.17) is 22.1 Å². The second-order valence-corrected chi connectivity index (χ2v) is 4.68. The summed E-state index contributed by atoms with van der Waals surface area (Å²) in [4.78, 5) is 23.1. The number of amides is 2. The van der Waals surface area contributed by atoms with Crippen LogP contribution in [-0.2, 0) is 0 Å². The van der Waals surface area contributed by atoms with Gasteiger partial charge >= 0.3 is 0 Å². The van der Waals surface area contributed by atoms with Gasteiger partial charge < -0.3 is 15.8 Å². The first kappa shape index (κ1) is 14.9. The van der Waals surface area contributed by atoms with Crippen LogP contribution in [0.3, 0.4) is 0 Å². The lowest BCUT2D eigenvalue weighted by Crippen LogP contribution is -2.14. The molecule has 5 nitrogen and oxygen atoms in total. The fraction of sp³-hybridized carbons (Fsp3) is 0.0667. The summed E-state index contributed by atoms with van der Waals surface area (Å²) < 4.78 is 5.15. The molecule has 0 fully saturated rings. The summed E-state index contributed by atoms with van der Waals surface area (Å²) >= 11 is 5.90. The number of primary amides is 1. The van der Waals surface area contributed by atoms with Crippen LogP contribution in [0.25, 0.3) is 0 Å². The van der Waals surface area contributed by atoms with Crippen molar-refractivity contribution in [3.05, 3.63) is 58.6 Å². The van der Waals surface area contributed by atoms with Gasteiger partial charge in [0.2, 0.25) is 5.91 Å². The summed E-state index contributed by atoms with van der Waals surface area (Å²) in [6, 6.07) is 10.9. The van der Waals surface area contributed by atoms with Gasteiger partial charge in [0.25, 0.3) is 5.91 Å². The third-order valence-electron chi connectivity index (χ3n) is 2.84. The van der Waals surface area contributed by atoms with Crippen LogP contribution in [0.4, 0.5) is 5.69 Å². The number of nitrogens with one attached hydrogen (secondary N) is 1. The van der Waals surface area contributed by atoms with E-state index in [2.05, 4.69) is 5.32 Å². The number of halogens is 1. The molecule has 3 N–H and O–H groups in total. The molecule has 2 aromatic carbocycles. The first-order valence-corrected chi connectivity index (χ1v) is 6.44. The fourth-order valence-electron chi connectivity index (χ4n) is 1.76. The van der Waals surface area contributed by atoms with E-state index in [1.807, 2.05) is 0 Å². The van der Waals surface area contributed by atoms with Gasteiger partial charge in [0.1, 0.15) is 5.75 Å². The second kappa shape index (κ2) is 6.28. The third kappa shape index (κ3) is 3.52. The third-order valence-corrected chi connectivity index (χ3v) is 3.08. The highest BCUT2D eigenvalue weighted by Crippen LogP contribution is 2.28. The summed E-state index contributed by atoms with van der Waals surface area (Å²) in [5, 5.41) is 3.18. The SMILES string of the molecule is COc1ccc(Cl)cc1NC(=O)c1ccc(C(N)=O)cc1. The molecule has 0 radical (unpaired) electrons. The van der Waals surface area contributed by atoms with Gasteiger partial charge in [-0.25, -0.2) is 0 Å². The molecule has 0 aromatic heterocycles. The highest BCUT2D eigenvalue weighted by Gasteiger charge is 2.11. The fourth-order valence-corrected chi connectivity index (χ4v) is 1.93. The number of ether oxygens (including phenoxy) is 1. The number of hydrogen-bond donors (Lipinski definition) is 2. The van der Waals surface area contributed by atoms with Crippen molar-refractivity contribution in [1.29, 1.82) is 0 Å². The normalized spacial score (nSPS) is 10.0. The standard InChI is InChI=1S/C15H13ClN2O3/c1-21-13-7-6-11(16)8-12(13)18-15(20)10-4-2-9(3-5-10)14(17)19/h2-8H,1H3,(H2,17,19)(H,18,20). The van der Waals surface area contributed by atoms with Crippen molar-refractivity contribution in [3.8, 4) is 5.75 Å². The summed E-state index contributed by atoms with van der Waals surface area (Å²) in [7, 11) is 1.50. The Morgan fingerprint density at radius 2 is 1.71 bits per heavy atom. The Morgan fingerprint density at radius 3 is 2.29 bits per heavy atom. The predicted octanol–water partition coefficient (Wildman–Crippen LogP) is 2.70. The topological polar surface area (TPSA) is 81.4 Å². The Balaban J connectivity index is 2.21. The Bertz CT molecular complexity index is 684. The zero-order chi connectivity index (χ0) is 15.4. The van der Waals surface area contributed by atoms with E-state index in [1.165, 1.54) is 31.4 Å². The first-order valence-electron chi connectivity index (χ1n) is 6.06. The summed E-state index contributed by atoms with van der Waals surface area (Å²) in [5.74, 6) is -0.383. The van der Waals surface area contributed by atoms with Crippen molar-refractivity contribution in [2.24, 2.45) is 5.73 Å². The van der Waals surface area contributed by atoms with E-state index < -0.39 is 5.91 Å². The molecule has 2 aromatic rings. The number of anilines is 1. The van der Waals surface area contributed by atoms with Gasteiger partial charge in [0.15, 0.2) is 0 Å². The Morgan fingerprint density at radius 1 is 1.10 bits per heavy atom. The summed E-state index contributed by atoms with van der Waals surface area (Å²) in [6.45, 7) is 0. The number of hydrogen-bond acceptors (Lipinski definition) is 3. The van der Waals surface area contributed by atoms with Gasteiger partial charge in [-0.3, -0.25) is 9.59 Å². The lowest BCUT2D eigenvalue weighted by molar-refractivity contribution is 0.0995. The summed E-state index contributed by atoms with van der Waals surface area (Å²) in [5.41, 5.74) is 6.34. The number of methoxy groups -OCH3 is 1. The minimum Gasteiger partial charge on any atom is -0.495 e. The molecule has 0 unspecified atom stereocenters. The molecule has 6 heteroatoms. The van der Waals surface area contributed by atoms with Crippen molar-refractivity contribution < 1.29 is 14.3 Å². The van der Waals surface area contributed by atoms with E-state index >= 15 is 0 Å². The van der Waals surface area contributed by atoms with Gasteiger partial charge in [0.05, 0.1) is 12.8 Å². The van der Waals surface area contributed by atoms with Gasteiger partial charge in [0, 0.05) is 16.1 Å². The Kier molecular flexibility index (Phi) is 4.45. The number of benzene rings is 2. The van der Waals surface area contributed by atoms with Crippen LogP contribution in [0.1, 0.15) is 20.7 Å². The molecule has 0 atom stereocenters. The molecule has 0 spiro atoms. The molecule has 21 heavy (non-hydrogen) atoms. The lowest BCUT2D eigenvalue weighted by atomic mass is 10.1. The zero-order valence-electron chi connectivity index (χ0n) is 11.2. The number of carbonyl (C=O) groups is 2. The summed E-state index contributed by atoms with van der Waals surface area (Å²) in [6.07, 6.45) is 0. The average Bonchev–Trinajstić information content (AvgIpc) is 2.47. The quantitative estimate of drug-likeness (QED) is 0.911. The largest absolute Gasteiger partial charge is 0.495 e. The minimum absolute atomic E-state index is 0.340. The monoisotopic (exact) mass is 304 g/mol. The Labute approximate surface area is 126 Å². The molecule has 0 saturated carbocycles. The van der Waals surface area contributed by atoms with Crippen molar-refractivity contribution in [3.63, 3.8) is 0 Å². The van der Waals surface area contributed by atoms with Crippen LogP contribution >= 0.6 is 11.6 Å². The van der Waals surface area contributed by atoms with Gasteiger partial charge in [-0.2, -0.15) is 0 Å². The molecule has 0 aliphatic rings. The number of nitrogens with two attached hydrogens (primary N) is 1. The van der Waals surface area contributed by atoms with E-state index in [1.54, 1.807) is 18.2 Å². The van der Waals surface area contributed by atoms with E-state index in [9.17, 15) is 9.59 Å². The molecule has 0 heterocycles. The van der Waals surface area contributed by atoms with Crippen LogP contribution in [-0.4, -0.2) is 18.9 Å². The Hall–Kier alpha value is -2.53. The highest BCUT2D eigenvalue weighted by molar-refractivity contribution is 6.31. The molecule has 0 saturated heterocycles. The van der Waals surface area contributed by atoms with Crippen molar-refractivity contribution in [2.45, 2.75) is 0 Å². The molecule has 2 rings (SSSR count). The van der Waals surface area contributed by atoms with E-state index in [0.29, 0.717) is 27.6 Å². The molecule has 0 aliphatic heterocycles. The van der Waals surface area contributed by atoms with Crippen LogP contribution in [0, 0.1) is 0 Å². The van der Waals surface area contributed by atoms with E-state index in [-0.39, 0.29) is 5.91 Å². The highest BCUT2D eigenvalue weighted by atomic mass is 35.5. The molecule has 0 aliphatic carbocycles. The van der Waals surface area contributed by atoms with Gasteiger partial charge in [-0.15, -0.1) is 0 Å². The van der Waals surface area contributed by atoms with Crippen molar-refractivity contribution in [2.75, 3.05) is 12.4 Å². The average molecular weight is 305 g/mol. The second-order valence-electron chi connectivity index (χ2n) is 4.24. The molecule has 108 valence electrons.